The third-order valence-corrected chi connectivity index (χ3v) is 6.62. The molecule has 32 heavy (non-hydrogen) atoms. The van der Waals surface area contributed by atoms with E-state index in [1.807, 2.05) is 0 Å². The zero-order valence-electron chi connectivity index (χ0n) is 17.0. The Morgan fingerprint density at radius 2 is 2.19 bits per heavy atom. The Bertz CT molecular complexity index is 1270. The van der Waals surface area contributed by atoms with Crippen LogP contribution in [0.4, 0.5) is 10.7 Å². The van der Waals surface area contributed by atoms with Gasteiger partial charge in [-0.15, -0.1) is 11.3 Å². The molecule has 1 amide bonds. The number of amides is 1. The molecular weight excluding hydrogens is 448 g/mol. The smallest absolute Gasteiger partial charge is 0.293 e. The fourth-order valence-electron chi connectivity index (χ4n) is 3.64. The number of rotatable bonds is 4. The quantitative estimate of drug-likeness (QED) is 0.314. The van der Waals surface area contributed by atoms with E-state index >= 15 is 0 Å². The number of non-ortho nitro benzene ring substituents is 1. The maximum atomic E-state index is 12.6. The number of fused-ring (bicyclic) bond motifs is 1. The van der Waals surface area contributed by atoms with Crippen LogP contribution in [0.2, 0.25) is 0 Å². The highest BCUT2D eigenvalue weighted by Gasteiger charge is 2.24. The summed E-state index contributed by atoms with van der Waals surface area (Å²) in [7, 11) is 0. The molecule has 0 fully saturated rings. The normalized spacial score (nSPS) is 14.8. The Kier molecular flexibility index (Phi) is 6.03. The van der Waals surface area contributed by atoms with Crippen LogP contribution in [0, 0.1) is 27.4 Å². The Labute approximate surface area is 193 Å². The van der Waals surface area contributed by atoms with Gasteiger partial charge < -0.3 is 9.73 Å². The van der Waals surface area contributed by atoms with Crippen molar-refractivity contribution in [2.45, 2.75) is 26.2 Å². The lowest BCUT2D eigenvalue weighted by Gasteiger charge is -2.17. The topological polar surface area (TPSA) is 121 Å². The van der Waals surface area contributed by atoms with E-state index in [9.17, 15) is 20.2 Å². The number of benzene rings is 1. The molecular formula is C22H18N4O4S2. The number of hydrogen-bond acceptors (Lipinski definition) is 7. The van der Waals surface area contributed by atoms with Crippen LogP contribution in [0.15, 0.2) is 40.8 Å². The molecule has 1 aliphatic rings. The van der Waals surface area contributed by atoms with Crippen molar-refractivity contribution in [3.05, 3.63) is 68.3 Å². The molecule has 10 heteroatoms. The highest BCUT2D eigenvalue weighted by atomic mass is 32.1. The number of carbonyl (C=O) groups is 1. The Hall–Kier alpha value is -3.55. The second kappa shape index (κ2) is 8.90. The van der Waals surface area contributed by atoms with E-state index in [0.717, 1.165) is 24.8 Å². The minimum atomic E-state index is -0.562. The van der Waals surface area contributed by atoms with Gasteiger partial charge in [0.1, 0.15) is 16.8 Å². The van der Waals surface area contributed by atoms with Crippen molar-refractivity contribution in [1.82, 2.24) is 5.32 Å². The lowest BCUT2D eigenvalue weighted by atomic mass is 9.89. The van der Waals surface area contributed by atoms with Crippen molar-refractivity contribution in [1.29, 1.82) is 5.26 Å². The van der Waals surface area contributed by atoms with Gasteiger partial charge in [0.15, 0.2) is 10.9 Å². The number of thiophene rings is 1. The second-order valence-electron chi connectivity index (χ2n) is 7.55. The lowest BCUT2D eigenvalue weighted by Crippen LogP contribution is -2.33. The van der Waals surface area contributed by atoms with Crippen LogP contribution in [0.3, 0.4) is 0 Å². The van der Waals surface area contributed by atoms with Crippen LogP contribution < -0.4 is 10.6 Å². The maximum absolute atomic E-state index is 12.6. The van der Waals surface area contributed by atoms with Crippen molar-refractivity contribution < 1.29 is 14.1 Å². The molecule has 0 radical (unpaired) electrons. The number of nitro groups is 1. The van der Waals surface area contributed by atoms with Crippen molar-refractivity contribution in [2.24, 2.45) is 5.92 Å². The van der Waals surface area contributed by atoms with Gasteiger partial charge in [-0.05, 0) is 55.1 Å². The molecule has 1 aromatic carbocycles. The van der Waals surface area contributed by atoms with Crippen LogP contribution in [0.25, 0.3) is 11.3 Å². The highest BCUT2D eigenvalue weighted by Crippen LogP contribution is 2.39. The predicted octanol–water partition coefficient (Wildman–Crippen LogP) is 5.04. The standard InChI is InChI=1S/C22H18N4O4S2/c1-12-5-6-15-16(11-23)21(32-19(15)9-12)25-22(31)24-20(27)18-8-7-17(30-18)13-3-2-4-14(10-13)26(28)29/h2-4,7-8,10,12H,5-6,9H2,1H3,(H2,24,25,27,31)/t12-/m0/s1. The minimum Gasteiger partial charge on any atom is -0.451 e. The van der Waals surface area contributed by atoms with E-state index in [2.05, 4.69) is 23.6 Å². The van der Waals surface area contributed by atoms with Crippen LogP contribution in [-0.2, 0) is 12.8 Å². The summed E-state index contributed by atoms with van der Waals surface area (Å²) in [5, 5.41) is 26.8. The zero-order chi connectivity index (χ0) is 22.8. The molecule has 4 rings (SSSR count). The number of furan rings is 1. The first-order valence-electron chi connectivity index (χ1n) is 9.87. The summed E-state index contributed by atoms with van der Waals surface area (Å²) >= 11 is 6.76. The first-order chi connectivity index (χ1) is 15.4. The summed E-state index contributed by atoms with van der Waals surface area (Å²) in [6.07, 6.45) is 2.84. The summed E-state index contributed by atoms with van der Waals surface area (Å²) in [5.41, 5.74) is 2.06. The van der Waals surface area contributed by atoms with Gasteiger partial charge >= 0.3 is 0 Å². The van der Waals surface area contributed by atoms with E-state index < -0.39 is 10.8 Å². The monoisotopic (exact) mass is 466 g/mol. The van der Waals surface area contributed by atoms with Crippen molar-refractivity contribution in [3.8, 4) is 17.4 Å². The fraction of sp³-hybridized carbons (Fsp3) is 0.227. The number of nitrogens with one attached hydrogen (secondary N) is 2. The van der Waals surface area contributed by atoms with Gasteiger partial charge in [0.05, 0.1) is 10.5 Å². The molecule has 0 unspecified atom stereocenters. The molecule has 0 spiro atoms. The first-order valence-corrected chi connectivity index (χ1v) is 11.1. The predicted molar refractivity (Wildman–Crippen MR) is 125 cm³/mol. The lowest BCUT2D eigenvalue weighted by molar-refractivity contribution is -0.384. The van der Waals surface area contributed by atoms with E-state index in [0.29, 0.717) is 27.8 Å². The van der Waals surface area contributed by atoms with Crippen LogP contribution in [0.5, 0.6) is 0 Å². The third kappa shape index (κ3) is 4.39. The average molecular weight is 467 g/mol. The van der Waals surface area contributed by atoms with Gasteiger partial charge in [-0.25, -0.2) is 0 Å². The number of anilines is 1. The Morgan fingerprint density at radius 1 is 1.38 bits per heavy atom. The van der Waals surface area contributed by atoms with Gasteiger partial charge in [0.2, 0.25) is 0 Å². The van der Waals surface area contributed by atoms with Crippen molar-refractivity contribution in [3.63, 3.8) is 0 Å². The van der Waals surface area contributed by atoms with Gasteiger partial charge in [-0.1, -0.05) is 19.1 Å². The summed E-state index contributed by atoms with van der Waals surface area (Å²) in [6, 6.07) is 11.2. The molecule has 0 saturated heterocycles. The average Bonchev–Trinajstić information content (AvgIpc) is 3.38. The van der Waals surface area contributed by atoms with E-state index in [1.165, 1.54) is 34.4 Å². The molecule has 1 atom stereocenters. The van der Waals surface area contributed by atoms with Gasteiger partial charge in [-0.3, -0.25) is 20.2 Å². The van der Waals surface area contributed by atoms with Crippen LogP contribution in [0.1, 0.15) is 39.9 Å². The SMILES string of the molecule is C[C@H]1CCc2c(sc(NC(=S)NC(=O)c3ccc(-c4cccc([N+](=O)[O-])c4)o3)c2C#N)C1. The van der Waals surface area contributed by atoms with Crippen molar-refractivity contribution >= 4 is 45.3 Å². The molecule has 0 bridgehead atoms. The number of nitro benzene ring substituents is 1. The number of thiocarbonyl (C=S) groups is 1. The Morgan fingerprint density at radius 3 is 2.94 bits per heavy atom. The minimum absolute atomic E-state index is 0.00969. The van der Waals surface area contributed by atoms with Crippen LogP contribution >= 0.6 is 23.6 Å². The molecule has 2 N–H and O–H groups in total. The summed E-state index contributed by atoms with van der Waals surface area (Å²) in [6.45, 7) is 2.19. The first kappa shape index (κ1) is 21.7. The third-order valence-electron chi connectivity index (χ3n) is 5.25. The molecule has 0 aliphatic heterocycles. The molecule has 2 heterocycles. The number of carbonyl (C=O) groups excluding carboxylic acids is 1. The van der Waals surface area contributed by atoms with Crippen LogP contribution in [-0.4, -0.2) is 15.9 Å². The van der Waals surface area contributed by atoms with E-state index in [4.69, 9.17) is 16.6 Å². The maximum Gasteiger partial charge on any atom is 0.293 e. The zero-order valence-corrected chi connectivity index (χ0v) is 18.6. The van der Waals surface area contributed by atoms with Gasteiger partial charge in [0, 0.05) is 22.6 Å². The van der Waals surface area contributed by atoms with E-state index in [1.54, 1.807) is 18.2 Å². The largest absolute Gasteiger partial charge is 0.451 e. The molecule has 2 aromatic heterocycles. The number of nitrogens with zero attached hydrogens (tertiary/aromatic N) is 2. The molecule has 8 nitrogen and oxygen atoms in total. The second-order valence-corrected chi connectivity index (χ2v) is 9.06. The highest BCUT2D eigenvalue weighted by molar-refractivity contribution is 7.80. The van der Waals surface area contributed by atoms with Gasteiger partial charge in [0.25, 0.3) is 11.6 Å². The van der Waals surface area contributed by atoms with E-state index in [-0.39, 0.29) is 16.6 Å². The van der Waals surface area contributed by atoms with Crippen molar-refractivity contribution in [2.75, 3.05) is 5.32 Å². The van der Waals surface area contributed by atoms with Gasteiger partial charge in [-0.2, -0.15) is 5.26 Å². The molecule has 162 valence electrons. The molecule has 0 saturated carbocycles. The summed E-state index contributed by atoms with van der Waals surface area (Å²) < 4.78 is 5.57. The molecule has 3 aromatic rings. The summed E-state index contributed by atoms with van der Waals surface area (Å²) in [5.74, 6) is 0.346. The summed E-state index contributed by atoms with van der Waals surface area (Å²) in [4.78, 5) is 24.2. The number of hydrogen-bond donors (Lipinski definition) is 2. The Balaban J connectivity index is 1.45. The fourth-order valence-corrected chi connectivity index (χ4v) is 5.27. The molecule has 1 aliphatic carbocycles. The number of nitriles is 1.